The molecule has 11 rings (SSSR count). The van der Waals surface area contributed by atoms with Crippen molar-refractivity contribution in [1.29, 1.82) is 0 Å². The van der Waals surface area contributed by atoms with Gasteiger partial charge in [-0.15, -0.1) is 0 Å². The van der Waals surface area contributed by atoms with Crippen LogP contribution in [0.4, 0.5) is 17.1 Å². The van der Waals surface area contributed by atoms with Crippen LogP contribution in [0.25, 0.3) is 11.0 Å². The number of anilines is 2. The van der Waals surface area contributed by atoms with Crippen molar-refractivity contribution < 1.29 is 22.9 Å². The van der Waals surface area contributed by atoms with Crippen LogP contribution in [0.1, 0.15) is 115 Å². The number of amides is 1. The zero-order chi connectivity index (χ0) is 43.8. The number of hydrogen-bond acceptors (Lipinski definition) is 10. The van der Waals surface area contributed by atoms with Crippen LogP contribution in [0.3, 0.4) is 0 Å². The predicted octanol–water partition coefficient (Wildman–Crippen LogP) is 9.97. The van der Waals surface area contributed by atoms with E-state index in [4.69, 9.17) is 4.74 Å². The maximum Gasteiger partial charge on any atom is 0.293 e. The maximum absolute atomic E-state index is 14.0. The Kier molecular flexibility index (Phi) is 10.4. The number of ether oxygens (including phenoxy) is 1. The van der Waals surface area contributed by atoms with E-state index in [1.54, 1.807) is 41.7 Å². The lowest BCUT2D eigenvalue weighted by molar-refractivity contribution is -0.384. The number of fused-ring (bicyclic) bond motifs is 1. The van der Waals surface area contributed by atoms with E-state index in [-0.39, 0.29) is 27.6 Å². The quantitative estimate of drug-likeness (QED) is 0.0670. The van der Waals surface area contributed by atoms with Crippen LogP contribution in [0.15, 0.2) is 77.0 Å². The van der Waals surface area contributed by atoms with E-state index in [9.17, 15) is 23.3 Å². The van der Waals surface area contributed by atoms with Gasteiger partial charge in [0.15, 0.2) is 0 Å². The Hall–Kier alpha value is -4.95. The molecule has 2 aromatic carbocycles. The molecule has 0 radical (unpaired) electrons. The number of hydrogen-bond donors (Lipinski definition) is 3. The number of aromatic nitrogens is 2. The summed E-state index contributed by atoms with van der Waals surface area (Å²) in [7, 11) is -4.53. The maximum atomic E-state index is 14.0. The number of rotatable bonds is 13. The van der Waals surface area contributed by atoms with Gasteiger partial charge in [0, 0.05) is 68.7 Å². The Morgan fingerprint density at radius 2 is 1.73 bits per heavy atom. The summed E-state index contributed by atoms with van der Waals surface area (Å²) in [6.07, 6.45) is 19.6. The number of pyridine rings is 1. The van der Waals surface area contributed by atoms with Gasteiger partial charge in [-0.25, -0.2) is 18.1 Å². The van der Waals surface area contributed by atoms with Gasteiger partial charge in [0.25, 0.3) is 21.6 Å². The van der Waals surface area contributed by atoms with Crippen LogP contribution in [-0.4, -0.2) is 73.4 Å². The molecule has 1 aliphatic heterocycles. The zero-order valence-corrected chi connectivity index (χ0v) is 37.7. The highest BCUT2D eigenvalue weighted by molar-refractivity contribution is 7.90. The number of carbonyl (C=O) groups excluding carboxylic acids is 1. The fraction of sp³-hybridized carbons (Fsp3) is 0.551. The smallest absolute Gasteiger partial charge is 0.293 e. The molecule has 7 aliphatic rings. The molecule has 63 heavy (non-hydrogen) atoms. The van der Waals surface area contributed by atoms with Crippen LogP contribution in [0.2, 0.25) is 0 Å². The van der Waals surface area contributed by atoms with Gasteiger partial charge in [-0.05, 0) is 128 Å². The first kappa shape index (κ1) is 42.0. The van der Waals surface area contributed by atoms with Crippen molar-refractivity contribution in [3.05, 3.63) is 87.7 Å². The second kappa shape index (κ2) is 15.6. The van der Waals surface area contributed by atoms with E-state index in [1.807, 2.05) is 12.1 Å². The summed E-state index contributed by atoms with van der Waals surface area (Å²) in [6.45, 7) is 12.3. The number of piperazine rings is 1. The normalized spacial score (nSPS) is 25.5. The van der Waals surface area contributed by atoms with Crippen LogP contribution >= 0.6 is 0 Å². The number of H-pyrrole nitrogens is 1. The lowest BCUT2D eigenvalue weighted by atomic mass is 9.33. The largest absolute Gasteiger partial charge is 0.455 e. The third-order valence-electron chi connectivity index (χ3n) is 15.7. The Morgan fingerprint density at radius 1 is 0.968 bits per heavy atom. The molecule has 13 nitrogen and oxygen atoms in total. The number of nitro benzene ring substituents is 1. The van der Waals surface area contributed by atoms with Crippen LogP contribution in [-0.2, 0) is 10.0 Å². The first-order chi connectivity index (χ1) is 30.1. The monoisotopic (exact) mass is 875 g/mol. The highest BCUT2D eigenvalue weighted by atomic mass is 32.2. The minimum Gasteiger partial charge on any atom is -0.455 e. The first-order valence-electron chi connectivity index (χ1n) is 23.1. The summed E-state index contributed by atoms with van der Waals surface area (Å²) in [4.78, 5) is 37.6. The molecular formula is C49H61N7O6S. The SMILES string of the molecule is CC1(C)CCC(CN2CCN(c3ccc(C(=O)NS(=O)(=O)c4ccc(NCC5CC6(CCCCC6)C5)c([N+](=O)[O-])c4)c(Oc4cnc5[nH]ccc5c4)c3)CC2)=C(C23CC(C)(C2)C3)C1. The van der Waals surface area contributed by atoms with Gasteiger partial charge < -0.3 is 19.9 Å². The average molecular weight is 876 g/mol. The van der Waals surface area contributed by atoms with Gasteiger partial charge in [0.2, 0.25) is 0 Å². The molecule has 1 spiro atoms. The first-order valence-corrected chi connectivity index (χ1v) is 24.6. The Balaban J connectivity index is 0.842. The zero-order valence-electron chi connectivity index (χ0n) is 36.9. The number of nitrogens with zero attached hydrogens (tertiary/aromatic N) is 4. The fourth-order valence-electron chi connectivity index (χ4n) is 12.7. The summed E-state index contributed by atoms with van der Waals surface area (Å²) in [5.74, 6) is 0.0614. The third-order valence-corrected chi connectivity index (χ3v) is 17.1. The second-order valence-corrected chi connectivity index (χ2v) is 22.9. The van der Waals surface area contributed by atoms with Crippen molar-refractivity contribution in [3.63, 3.8) is 0 Å². The summed E-state index contributed by atoms with van der Waals surface area (Å²) in [5.41, 5.74) is 6.72. The van der Waals surface area contributed by atoms with E-state index < -0.39 is 20.9 Å². The molecule has 334 valence electrons. The van der Waals surface area contributed by atoms with Gasteiger partial charge in [-0.3, -0.25) is 19.8 Å². The molecule has 3 heterocycles. The van der Waals surface area contributed by atoms with Gasteiger partial charge in [0.05, 0.1) is 21.6 Å². The molecule has 6 aliphatic carbocycles. The number of nitrogens with one attached hydrogen (secondary N) is 3. The average Bonchev–Trinajstić information content (AvgIpc) is 3.70. The molecule has 0 atom stereocenters. The minimum absolute atomic E-state index is 0.00120. The van der Waals surface area contributed by atoms with Crippen LogP contribution in [0.5, 0.6) is 11.5 Å². The number of nitro groups is 1. The lowest BCUT2D eigenvalue weighted by Gasteiger charge is -2.72. The van der Waals surface area contributed by atoms with Crippen molar-refractivity contribution in [2.24, 2.45) is 27.6 Å². The molecule has 3 N–H and O–H groups in total. The Morgan fingerprint density at radius 3 is 2.46 bits per heavy atom. The second-order valence-electron chi connectivity index (χ2n) is 21.3. The summed E-state index contributed by atoms with van der Waals surface area (Å²) >= 11 is 0. The molecule has 2 bridgehead atoms. The summed E-state index contributed by atoms with van der Waals surface area (Å²) in [5, 5.41) is 16.2. The van der Waals surface area contributed by atoms with E-state index in [1.165, 1.54) is 82.8 Å². The highest BCUT2D eigenvalue weighted by Crippen LogP contribution is 2.77. The van der Waals surface area contributed by atoms with Crippen LogP contribution in [0, 0.1) is 37.7 Å². The van der Waals surface area contributed by atoms with Gasteiger partial charge in [-0.2, -0.15) is 0 Å². The molecule has 2 aromatic heterocycles. The lowest BCUT2D eigenvalue weighted by Crippen LogP contribution is -2.61. The highest BCUT2D eigenvalue weighted by Gasteiger charge is 2.66. The Labute approximate surface area is 370 Å². The minimum atomic E-state index is -4.53. The van der Waals surface area contributed by atoms with Crippen molar-refractivity contribution in [1.82, 2.24) is 19.6 Å². The number of allylic oxidation sites excluding steroid dienone is 1. The Bertz CT molecular complexity index is 2580. The molecule has 6 fully saturated rings. The molecule has 0 unspecified atom stereocenters. The molecule has 4 aromatic rings. The topological polar surface area (TPSA) is 163 Å². The van der Waals surface area contributed by atoms with Gasteiger partial charge >= 0.3 is 0 Å². The van der Waals surface area contributed by atoms with E-state index in [2.05, 4.69) is 50.6 Å². The van der Waals surface area contributed by atoms with Crippen molar-refractivity contribution in [3.8, 4) is 11.5 Å². The predicted molar refractivity (Wildman–Crippen MR) is 245 cm³/mol. The molecule has 5 saturated carbocycles. The van der Waals surface area contributed by atoms with E-state index in [0.29, 0.717) is 45.5 Å². The van der Waals surface area contributed by atoms with Gasteiger partial charge in [0.1, 0.15) is 22.8 Å². The fourth-order valence-corrected chi connectivity index (χ4v) is 13.7. The number of aromatic amines is 1. The summed E-state index contributed by atoms with van der Waals surface area (Å²) in [6, 6.07) is 12.6. The van der Waals surface area contributed by atoms with Crippen molar-refractivity contribution in [2.45, 2.75) is 109 Å². The van der Waals surface area contributed by atoms with Gasteiger partial charge in [-0.1, -0.05) is 51.2 Å². The van der Waals surface area contributed by atoms with Crippen molar-refractivity contribution in [2.75, 3.05) is 49.5 Å². The number of benzene rings is 2. The molecule has 1 amide bonds. The molecule has 14 heteroatoms. The van der Waals surface area contributed by atoms with E-state index >= 15 is 0 Å². The third kappa shape index (κ3) is 8.22. The molecular weight excluding hydrogens is 815 g/mol. The standard InChI is InChI=1S/C49H61N7O6S/c1-46(2)15-11-35(40(26-46)49-30-47(3,31-49)32-49)29-54-17-19-55(20-18-54)36-7-9-39(43(22-36)62-37-21-34-12-16-50-44(34)52-28-37)45(57)53-63(60,61)38-8-10-41(42(23-38)56(58)59)51-27-33-24-48(25-33)13-5-4-6-14-48/h7-10,12,16,21-23,28,33,51H,4-6,11,13-15,17-20,24-27,29-32H2,1-3H3,(H,50,52)(H,53,57). The van der Waals surface area contributed by atoms with Crippen molar-refractivity contribution >= 4 is 44.0 Å². The summed E-state index contributed by atoms with van der Waals surface area (Å²) < 4.78 is 36.1. The number of sulfonamides is 1. The molecule has 1 saturated heterocycles. The van der Waals surface area contributed by atoms with Crippen LogP contribution < -0.4 is 19.7 Å². The number of carbonyl (C=O) groups is 1. The van der Waals surface area contributed by atoms with E-state index in [0.717, 1.165) is 62.7 Å².